The van der Waals surface area contributed by atoms with E-state index in [4.69, 9.17) is 27.9 Å². The molecule has 0 radical (unpaired) electrons. The Morgan fingerprint density at radius 2 is 1.47 bits per heavy atom. The number of para-hydroxylation sites is 1. The standard InChI is InChI=1S/C27H22Cl2N2O5/c1-14-7-6-8-15(2)22(14)30-24(32)23(20-12-11-17(28)13-21(20)29)36-27(35)16(3)31-25(33)18-9-4-5-10-19(18)26(31)34/h4-13,16,23H,1-3H3,(H,30,32)/t16-,23+/m1/s1. The van der Waals surface area contributed by atoms with E-state index >= 15 is 0 Å². The Labute approximate surface area is 218 Å². The summed E-state index contributed by atoms with van der Waals surface area (Å²) in [6, 6.07) is 15.0. The minimum absolute atomic E-state index is 0.116. The van der Waals surface area contributed by atoms with Gasteiger partial charge in [0.2, 0.25) is 6.10 Å². The van der Waals surface area contributed by atoms with Gasteiger partial charge < -0.3 is 10.1 Å². The van der Waals surface area contributed by atoms with Gasteiger partial charge in [-0.25, -0.2) is 4.79 Å². The number of ether oxygens (including phenoxy) is 1. The summed E-state index contributed by atoms with van der Waals surface area (Å²) < 4.78 is 5.62. The van der Waals surface area contributed by atoms with Gasteiger partial charge in [-0.1, -0.05) is 59.6 Å². The van der Waals surface area contributed by atoms with Crippen molar-refractivity contribution in [1.82, 2.24) is 4.90 Å². The summed E-state index contributed by atoms with van der Waals surface area (Å²) in [7, 11) is 0. The molecule has 0 saturated heterocycles. The molecule has 3 amide bonds. The van der Waals surface area contributed by atoms with E-state index in [2.05, 4.69) is 5.32 Å². The molecule has 0 aliphatic carbocycles. The summed E-state index contributed by atoms with van der Waals surface area (Å²) in [5, 5.41) is 3.26. The van der Waals surface area contributed by atoms with Crippen LogP contribution in [0.2, 0.25) is 10.0 Å². The lowest BCUT2D eigenvalue weighted by Gasteiger charge is -2.25. The molecule has 36 heavy (non-hydrogen) atoms. The Hall–Kier alpha value is -3.68. The number of carbonyl (C=O) groups excluding carboxylic acids is 4. The van der Waals surface area contributed by atoms with Crippen LogP contribution in [0.1, 0.15) is 50.4 Å². The number of aryl methyl sites for hydroxylation is 2. The number of rotatable bonds is 6. The molecule has 2 atom stereocenters. The molecule has 9 heteroatoms. The minimum atomic E-state index is -1.47. The number of anilines is 1. The predicted molar refractivity (Wildman–Crippen MR) is 136 cm³/mol. The number of fused-ring (bicyclic) bond motifs is 1. The van der Waals surface area contributed by atoms with Gasteiger partial charge in [-0.2, -0.15) is 0 Å². The van der Waals surface area contributed by atoms with Crippen LogP contribution in [-0.2, 0) is 14.3 Å². The molecule has 1 heterocycles. The van der Waals surface area contributed by atoms with Gasteiger partial charge in [-0.15, -0.1) is 0 Å². The molecule has 0 saturated carbocycles. The fraction of sp³-hybridized carbons (Fsp3) is 0.185. The third kappa shape index (κ3) is 4.72. The predicted octanol–water partition coefficient (Wildman–Crippen LogP) is 5.52. The van der Waals surface area contributed by atoms with Crippen LogP contribution in [0, 0.1) is 13.8 Å². The maximum atomic E-state index is 13.4. The molecule has 0 aromatic heterocycles. The molecule has 0 fully saturated rings. The Bertz CT molecular complexity index is 1350. The van der Waals surface area contributed by atoms with E-state index < -0.39 is 35.8 Å². The molecule has 1 aliphatic heterocycles. The summed E-state index contributed by atoms with van der Waals surface area (Å²) in [6.07, 6.45) is -1.47. The monoisotopic (exact) mass is 524 g/mol. The fourth-order valence-corrected chi connectivity index (χ4v) is 4.56. The number of amides is 3. The van der Waals surface area contributed by atoms with Gasteiger partial charge in [0.25, 0.3) is 17.7 Å². The van der Waals surface area contributed by atoms with E-state index in [1.807, 2.05) is 32.0 Å². The second-order valence-corrected chi connectivity index (χ2v) is 9.28. The van der Waals surface area contributed by atoms with Crippen LogP contribution in [0.5, 0.6) is 0 Å². The SMILES string of the molecule is Cc1cccc(C)c1NC(=O)[C@@H](OC(=O)[C@@H](C)N1C(=O)c2ccccc2C1=O)c1ccc(Cl)cc1Cl. The maximum absolute atomic E-state index is 13.4. The second-order valence-electron chi connectivity index (χ2n) is 8.44. The molecule has 0 spiro atoms. The highest BCUT2D eigenvalue weighted by Crippen LogP contribution is 2.32. The number of esters is 1. The van der Waals surface area contributed by atoms with E-state index in [1.54, 1.807) is 12.1 Å². The number of imide groups is 1. The highest BCUT2D eigenvalue weighted by Gasteiger charge is 2.42. The Morgan fingerprint density at radius 1 is 0.889 bits per heavy atom. The number of nitrogens with zero attached hydrogens (tertiary/aromatic N) is 1. The Morgan fingerprint density at radius 3 is 2.03 bits per heavy atom. The molecule has 1 aliphatic rings. The van der Waals surface area contributed by atoms with Crippen molar-refractivity contribution in [2.24, 2.45) is 0 Å². The van der Waals surface area contributed by atoms with Crippen molar-refractivity contribution in [3.8, 4) is 0 Å². The quantitative estimate of drug-likeness (QED) is 0.338. The van der Waals surface area contributed by atoms with Gasteiger partial charge in [0.05, 0.1) is 11.1 Å². The molecule has 184 valence electrons. The molecular formula is C27H22Cl2N2O5. The topological polar surface area (TPSA) is 92.8 Å². The first-order valence-electron chi connectivity index (χ1n) is 11.1. The fourth-order valence-electron chi connectivity index (χ4n) is 4.05. The number of halogens is 2. The normalized spacial score (nSPS) is 14.3. The summed E-state index contributed by atoms with van der Waals surface area (Å²) >= 11 is 12.4. The third-order valence-electron chi connectivity index (χ3n) is 6.00. The molecule has 3 aromatic carbocycles. The summed E-state index contributed by atoms with van der Waals surface area (Å²) in [5.41, 5.74) is 2.80. The van der Waals surface area contributed by atoms with Gasteiger partial charge >= 0.3 is 5.97 Å². The first kappa shape index (κ1) is 25.4. The zero-order chi connectivity index (χ0) is 26.1. The number of carbonyl (C=O) groups is 4. The number of hydrogen-bond acceptors (Lipinski definition) is 5. The van der Waals surface area contributed by atoms with Gasteiger partial charge in [-0.05, 0) is 56.2 Å². The van der Waals surface area contributed by atoms with Crippen LogP contribution in [0.25, 0.3) is 0 Å². The summed E-state index contributed by atoms with van der Waals surface area (Å²) in [6.45, 7) is 5.04. The van der Waals surface area contributed by atoms with Crippen LogP contribution < -0.4 is 5.32 Å². The third-order valence-corrected chi connectivity index (χ3v) is 6.56. The number of nitrogens with one attached hydrogen (secondary N) is 1. The lowest BCUT2D eigenvalue weighted by Crippen LogP contribution is -2.44. The lowest BCUT2D eigenvalue weighted by atomic mass is 10.1. The summed E-state index contributed by atoms with van der Waals surface area (Å²) in [5.74, 6) is -2.82. The van der Waals surface area contributed by atoms with Crippen molar-refractivity contribution in [2.45, 2.75) is 32.9 Å². The van der Waals surface area contributed by atoms with Crippen molar-refractivity contribution < 1.29 is 23.9 Å². The van der Waals surface area contributed by atoms with Crippen molar-refractivity contribution >= 4 is 52.6 Å². The van der Waals surface area contributed by atoms with Crippen LogP contribution in [0.3, 0.4) is 0 Å². The molecule has 0 bridgehead atoms. The average Bonchev–Trinajstić information content (AvgIpc) is 3.09. The first-order valence-corrected chi connectivity index (χ1v) is 11.8. The summed E-state index contributed by atoms with van der Waals surface area (Å²) in [4.78, 5) is 53.1. The van der Waals surface area contributed by atoms with Crippen molar-refractivity contribution in [3.05, 3.63) is 98.5 Å². The average molecular weight is 525 g/mol. The molecule has 3 aromatic rings. The lowest BCUT2D eigenvalue weighted by molar-refractivity contribution is -0.158. The molecule has 7 nitrogen and oxygen atoms in total. The highest BCUT2D eigenvalue weighted by atomic mass is 35.5. The van der Waals surface area contributed by atoms with E-state index in [0.717, 1.165) is 16.0 Å². The second kappa shape index (κ2) is 10.1. The molecular weight excluding hydrogens is 503 g/mol. The molecule has 0 unspecified atom stereocenters. The largest absolute Gasteiger partial charge is 0.446 e. The zero-order valence-electron chi connectivity index (χ0n) is 19.7. The van der Waals surface area contributed by atoms with Crippen LogP contribution in [-0.4, -0.2) is 34.6 Å². The van der Waals surface area contributed by atoms with Gasteiger partial charge in [0, 0.05) is 21.3 Å². The van der Waals surface area contributed by atoms with E-state index in [0.29, 0.717) is 10.7 Å². The number of hydrogen-bond donors (Lipinski definition) is 1. The van der Waals surface area contributed by atoms with Crippen LogP contribution >= 0.6 is 23.2 Å². The van der Waals surface area contributed by atoms with Crippen molar-refractivity contribution in [1.29, 1.82) is 0 Å². The molecule has 1 N–H and O–H groups in total. The van der Waals surface area contributed by atoms with E-state index in [-0.39, 0.29) is 21.7 Å². The Kier molecular flexibility index (Phi) is 7.15. The van der Waals surface area contributed by atoms with Gasteiger partial charge in [0.15, 0.2) is 0 Å². The zero-order valence-corrected chi connectivity index (χ0v) is 21.2. The van der Waals surface area contributed by atoms with Crippen molar-refractivity contribution in [2.75, 3.05) is 5.32 Å². The highest BCUT2D eigenvalue weighted by molar-refractivity contribution is 6.35. The van der Waals surface area contributed by atoms with Crippen molar-refractivity contribution in [3.63, 3.8) is 0 Å². The molecule has 4 rings (SSSR count). The number of benzene rings is 3. The van der Waals surface area contributed by atoms with Gasteiger partial charge in [0.1, 0.15) is 6.04 Å². The Balaban J connectivity index is 1.64. The first-order chi connectivity index (χ1) is 17.1. The smallest absolute Gasteiger partial charge is 0.330 e. The van der Waals surface area contributed by atoms with E-state index in [9.17, 15) is 19.2 Å². The maximum Gasteiger partial charge on any atom is 0.330 e. The van der Waals surface area contributed by atoms with Crippen LogP contribution in [0.4, 0.5) is 5.69 Å². The van der Waals surface area contributed by atoms with E-state index in [1.165, 1.54) is 37.3 Å². The van der Waals surface area contributed by atoms with Crippen LogP contribution in [0.15, 0.2) is 60.7 Å². The minimum Gasteiger partial charge on any atom is -0.446 e. The van der Waals surface area contributed by atoms with Gasteiger partial charge in [-0.3, -0.25) is 19.3 Å².